The number of nitrogens with two attached hydrogens (primary N) is 1. The van der Waals surface area contributed by atoms with Gasteiger partial charge in [-0.2, -0.15) is 0 Å². The predicted octanol–water partition coefficient (Wildman–Crippen LogP) is 1.05. The van der Waals surface area contributed by atoms with Gasteiger partial charge in [0.05, 0.1) is 6.10 Å². The molecule has 3 N–H and O–H groups in total. The summed E-state index contributed by atoms with van der Waals surface area (Å²) >= 11 is 0. The van der Waals surface area contributed by atoms with Crippen LogP contribution in [0.25, 0.3) is 0 Å². The van der Waals surface area contributed by atoms with E-state index in [1.807, 2.05) is 0 Å². The maximum atomic E-state index is 12.0. The van der Waals surface area contributed by atoms with E-state index >= 15 is 0 Å². The number of hydrogen-bond donors (Lipinski definition) is 2. The Morgan fingerprint density at radius 2 is 2.24 bits per heavy atom. The molecule has 1 saturated carbocycles. The SMILES string of the molecule is CC1OCCC1CNC(=O)C1CCCC(N)C1. The molecule has 4 heteroatoms. The maximum absolute atomic E-state index is 12.0. The van der Waals surface area contributed by atoms with Gasteiger partial charge in [0.1, 0.15) is 0 Å². The van der Waals surface area contributed by atoms with Gasteiger partial charge in [0.25, 0.3) is 0 Å². The molecule has 0 radical (unpaired) electrons. The van der Waals surface area contributed by atoms with Gasteiger partial charge in [0.2, 0.25) is 5.91 Å². The Kier molecular flexibility index (Phi) is 4.40. The van der Waals surface area contributed by atoms with Crippen LogP contribution in [0.4, 0.5) is 0 Å². The highest BCUT2D eigenvalue weighted by molar-refractivity contribution is 5.78. The van der Waals surface area contributed by atoms with Crippen LogP contribution in [0.1, 0.15) is 39.0 Å². The summed E-state index contributed by atoms with van der Waals surface area (Å²) in [6.07, 6.45) is 5.34. The van der Waals surface area contributed by atoms with Crippen LogP contribution in [0, 0.1) is 11.8 Å². The molecule has 2 aliphatic rings. The zero-order chi connectivity index (χ0) is 12.3. The summed E-state index contributed by atoms with van der Waals surface area (Å²) in [6, 6.07) is 0.216. The number of nitrogens with one attached hydrogen (secondary N) is 1. The van der Waals surface area contributed by atoms with E-state index in [2.05, 4.69) is 12.2 Å². The number of ether oxygens (including phenoxy) is 1. The van der Waals surface area contributed by atoms with E-state index in [1.54, 1.807) is 0 Å². The molecule has 1 aliphatic heterocycles. The molecular weight excluding hydrogens is 216 g/mol. The molecule has 0 spiro atoms. The molecule has 2 rings (SSSR count). The third-order valence-electron chi connectivity index (χ3n) is 4.16. The molecule has 4 nitrogen and oxygen atoms in total. The van der Waals surface area contributed by atoms with Gasteiger partial charge in [0.15, 0.2) is 0 Å². The second kappa shape index (κ2) is 5.83. The number of carbonyl (C=O) groups excluding carboxylic acids is 1. The van der Waals surface area contributed by atoms with Crippen molar-refractivity contribution in [2.75, 3.05) is 13.2 Å². The minimum Gasteiger partial charge on any atom is -0.378 e. The molecule has 98 valence electrons. The average Bonchev–Trinajstić information content (AvgIpc) is 2.72. The fourth-order valence-electron chi connectivity index (χ4n) is 2.89. The first-order chi connectivity index (χ1) is 8.16. The summed E-state index contributed by atoms with van der Waals surface area (Å²) < 4.78 is 5.49. The van der Waals surface area contributed by atoms with E-state index < -0.39 is 0 Å². The fraction of sp³-hybridized carbons (Fsp3) is 0.923. The quantitative estimate of drug-likeness (QED) is 0.775. The summed E-state index contributed by atoms with van der Waals surface area (Å²) in [5, 5.41) is 3.07. The molecule has 1 amide bonds. The van der Waals surface area contributed by atoms with E-state index in [1.165, 1.54) is 0 Å². The Hall–Kier alpha value is -0.610. The van der Waals surface area contributed by atoms with Crippen molar-refractivity contribution in [3.05, 3.63) is 0 Å². The Morgan fingerprint density at radius 1 is 1.41 bits per heavy atom. The fourth-order valence-corrected chi connectivity index (χ4v) is 2.89. The number of rotatable bonds is 3. The molecule has 1 heterocycles. The van der Waals surface area contributed by atoms with E-state index in [0.717, 1.165) is 45.3 Å². The molecule has 0 aromatic heterocycles. The van der Waals surface area contributed by atoms with Gasteiger partial charge in [-0.1, -0.05) is 6.42 Å². The third-order valence-corrected chi connectivity index (χ3v) is 4.16. The van der Waals surface area contributed by atoms with Crippen LogP contribution in [0.3, 0.4) is 0 Å². The third kappa shape index (κ3) is 3.42. The van der Waals surface area contributed by atoms with Crippen LogP contribution in [0.15, 0.2) is 0 Å². The molecule has 0 bridgehead atoms. The molecular formula is C13H24N2O2. The standard InChI is InChI=1S/C13H24N2O2/c1-9-11(5-6-17-9)8-15-13(16)10-3-2-4-12(14)7-10/h9-12H,2-8,14H2,1H3,(H,15,16). The van der Waals surface area contributed by atoms with Gasteiger partial charge >= 0.3 is 0 Å². The Balaban J connectivity index is 1.73. The van der Waals surface area contributed by atoms with Gasteiger partial charge in [-0.15, -0.1) is 0 Å². The first-order valence-corrected chi connectivity index (χ1v) is 6.81. The second-order valence-electron chi connectivity index (χ2n) is 5.49. The molecule has 17 heavy (non-hydrogen) atoms. The summed E-state index contributed by atoms with van der Waals surface area (Å²) in [5.41, 5.74) is 5.90. The molecule has 4 atom stereocenters. The van der Waals surface area contributed by atoms with E-state index in [-0.39, 0.29) is 24.0 Å². The van der Waals surface area contributed by atoms with Crippen molar-refractivity contribution >= 4 is 5.91 Å². The van der Waals surface area contributed by atoms with Crippen LogP contribution < -0.4 is 11.1 Å². The largest absolute Gasteiger partial charge is 0.378 e. The zero-order valence-electron chi connectivity index (χ0n) is 10.7. The van der Waals surface area contributed by atoms with Crippen molar-refractivity contribution in [3.63, 3.8) is 0 Å². The molecule has 1 saturated heterocycles. The molecule has 1 aliphatic carbocycles. The van der Waals surface area contributed by atoms with E-state index in [0.29, 0.717) is 5.92 Å². The summed E-state index contributed by atoms with van der Waals surface area (Å²) in [6.45, 7) is 3.67. The topological polar surface area (TPSA) is 64.3 Å². The minimum absolute atomic E-state index is 0.136. The zero-order valence-corrected chi connectivity index (χ0v) is 10.7. The Morgan fingerprint density at radius 3 is 2.88 bits per heavy atom. The highest BCUT2D eigenvalue weighted by atomic mass is 16.5. The Bertz CT molecular complexity index is 270. The minimum atomic E-state index is 0.136. The molecule has 0 aromatic rings. The van der Waals surface area contributed by atoms with Crippen LogP contribution in [-0.4, -0.2) is 31.2 Å². The van der Waals surface area contributed by atoms with Crippen LogP contribution >= 0.6 is 0 Å². The van der Waals surface area contributed by atoms with Crippen LogP contribution in [0.5, 0.6) is 0 Å². The average molecular weight is 240 g/mol. The Labute approximate surface area is 103 Å². The summed E-state index contributed by atoms with van der Waals surface area (Å²) in [7, 11) is 0. The molecule has 2 fully saturated rings. The van der Waals surface area contributed by atoms with Crippen LogP contribution in [0.2, 0.25) is 0 Å². The van der Waals surface area contributed by atoms with Crippen molar-refractivity contribution < 1.29 is 9.53 Å². The summed E-state index contributed by atoms with van der Waals surface area (Å²) in [4.78, 5) is 12.0. The van der Waals surface area contributed by atoms with Crippen molar-refractivity contribution in [2.24, 2.45) is 17.6 Å². The molecule has 0 aromatic carbocycles. The van der Waals surface area contributed by atoms with Crippen LogP contribution in [-0.2, 0) is 9.53 Å². The second-order valence-corrected chi connectivity index (χ2v) is 5.49. The lowest BCUT2D eigenvalue weighted by atomic mass is 9.85. The van der Waals surface area contributed by atoms with Crippen molar-refractivity contribution in [3.8, 4) is 0 Å². The van der Waals surface area contributed by atoms with E-state index in [9.17, 15) is 4.79 Å². The molecule has 4 unspecified atom stereocenters. The van der Waals surface area contributed by atoms with Crippen molar-refractivity contribution in [2.45, 2.75) is 51.2 Å². The smallest absolute Gasteiger partial charge is 0.223 e. The lowest BCUT2D eigenvalue weighted by molar-refractivity contribution is -0.126. The normalized spacial score (nSPS) is 38.0. The van der Waals surface area contributed by atoms with Crippen molar-refractivity contribution in [1.82, 2.24) is 5.32 Å². The van der Waals surface area contributed by atoms with Crippen molar-refractivity contribution in [1.29, 1.82) is 0 Å². The predicted molar refractivity (Wildman–Crippen MR) is 66.5 cm³/mol. The van der Waals surface area contributed by atoms with Gasteiger partial charge in [-0.3, -0.25) is 4.79 Å². The highest BCUT2D eigenvalue weighted by Crippen LogP contribution is 2.24. The number of amides is 1. The number of hydrogen-bond acceptors (Lipinski definition) is 3. The number of carbonyl (C=O) groups is 1. The first-order valence-electron chi connectivity index (χ1n) is 6.81. The van der Waals surface area contributed by atoms with Gasteiger partial charge in [0, 0.05) is 31.0 Å². The lowest BCUT2D eigenvalue weighted by Crippen LogP contribution is -2.40. The van der Waals surface area contributed by atoms with E-state index in [4.69, 9.17) is 10.5 Å². The summed E-state index contributed by atoms with van der Waals surface area (Å²) in [5.74, 6) is 0.812. The first kappa shape index (κ1) is 12.8. The van der Waals surface area contributed by atoms with Gasteiger partial charge < -0.3 is 15.8 Å². The monoisotopic (exact) mass is 240 g/mol. The van der Waals surface area contributed by atoms with Gasteiger partial charge in [-0.05, 0) is 32.6 Å². The van der Waals surface area contributed by atoms with Gasteiger partial charge in [-0.25, -0.2) is 0 Å². The maximum Gasteiger partial charge on any atom is 0.223 e. The lowest BCUT2D eigenvalue weighted by Gasteiger charge is -2.26. The highest BCUT2D eigenvalue weighted by Gasteiger charge is 2.28.